The molecule has 0 unspecified atom stereocenters. The van der Waals surface area contributed by atoms with Gasteiger partial charge in [-0.25, -0.2) is 4.79 Å². The first kappa shape index (κ1) is 15.3. The van der Waals surface area contributed by atoms with Crippen LogP contribution in [0.5, 0.6) is 0 Å². The highest BCUT2D eigenvalue weighted by Gasteiger charge is 2.18. The van der Waals surface area contributed by atoms with E-state index in [4.69, 9.17) is 4.74 Å². The summed E-state index contributed by atoms with van der Waals surface area (Å²) in [5.74, 6) is -0.805. The number of amides is 1. The topological polar surface area (TPSA) is 84.1 Å². The van der Waals surface area contributed by atoms with Crippen LogP contribution >= 0.6 is 11.3 Å². The maximum Gasteiger partial charge on any atom is 0.350 e. The largest absolute Gasteiger partial charge is 0.465 e. The molecule has 0 saturated carbocycles. The first-order chi connectivity index (χ1) is 12.2. The maximum atomic E-state index is 12.6. The number of esters is 1. The average molecular weight is 351 g/mol. The van der Waals surface area contributed by atoms with Gasteiger partial charge in [-0.1, -0.05) is 18.2 Å². The van der Waals surface area contributed by atoms with Crippen molar-refractivity contribution in [2.75, 3.05) is 12.4 Å². The van der Waals surface area contributed by atoms with Crippen LogP contribution in [0.4, 0.5) is 5.69 Å². The number of pyridine rings is 1. The van der Waals surface area contributed by atoms with E-state index < -0.39 is 5.97 Å². The zero-order valence-corrected chi connectivity index (χ0v) is 14.0. The molecule has 0 spiro atoms. The molecular formula is C18H13N3O3S. The van der Waals surface area contributed by atoms with Crippen LogP contribution in [0.2, 0.25) is 0 Å². The molecule has 7 heteroatoms. The molecule has 0 aliphatic rings. The van der Waals surface area contributed by atoms with E-state index in [1.165, 1.54) is 18.4 Å². The lowest BCUT2D eigenvalue weighted by Crippen LogP contribution is -2.14. The fourth-order valence-electron chi connectivity index (χ4n) is 2.71. The number of methoxy groups -OCH3 is 1. The number of fused-ring (bicyclic) bond motifs is 3. The summed E-state index contributed by atoms with van der Waals surface area (Å²) in [5, 5.41) is 6.37. The lowest BCUT2D eigenvalue weighted by atomic mass is 10.1. The molecule has 0 aliphatic carbocycles. The maximum absolute atomic E-state index is 12.6. The fraction of sp³-hybridized carbons (Fsp3) is 0.0556. The van der Waals surface area contributed by atoms with Gasteiger partial charge in [0.15, 0.2) is 0 Å². The van der Waals surface area contributed by atoms with Gasteiger partial charge in [-0.3, -0.25) is 9.78 Å². The molecule has 2 N–H and O–H groups in total. The van der Waals surface area contributed by atoms with Crippen molar-refractivity contribution in [3.8, 4) is 0 Å². The van der Waals surface area contributed by atoms with Crippen molar-refractivity contribution in [2.45, 2.75) is 0 Å². The second-order valence-corrected chi connectivity index (χ2v) is 6.31. The van der Waals surface area contributed by atoms with E-state index in [-0.39, 0.29) is 5.91 Å². The molecule has 3 heterocycles. The van der Waals surface area contributed by atoms with Gasteiger partial charge in [0, 0.05) is 17.0 Å². The van der Waals surface area contributed by atoms with Gasteiger partial charge >= 0.3 is 5.97 Å². The monoisotopic (exact) mass is 351 g/mol. The van der Waals surface area contributed by atoms with Gasteiger partial charge < -0.3 is 15.0 Å². The van der Waals surface area contributed by atoms with Crippen LogP contribution in [-0.2, 0) is 4.74 Å². The standard InChI is InChI=1S/C18H13N3O3S/c1-24-18(23)16-12(6-8-25-16)21-17(22)13-9-11-5-4-10-3-2-7-19-14(10)15(11)20-13/h2-9,20H,1H3,(H,21,22). The van der Waals surface area contributed by atoms with Crippen LogP contribution in [0.15, 0.2) is 48.0 Å². The number of carbonyl (C=O) groups is 2. The number of anilines is 1. The van der Waals surface area contributed by atoms with Gasteiger partial charge in [0.1, 0.15) is 10.6 Å². The third kappa shape index (κ3) is 2.64. The summed E-state index contributed by atoms with van der Waals surface area (Å²) in [6, 6.07) is 11.2. The fourth-order valence-corrected chi connectivity index (χ4v) is 3.47. The van der Waals surface area contributed by atoms with Crippen LogP contribution in [-0.4, -0.2) is 29.0 Å². The van der Waals surface area contributed by atoms with E-state index in [9.17, 15) is 9.59 Å². The molecule has 0 fully saturated rings. The SMILES string of the molecule is COC(=O)c1sccc1NC(=O)c1cc2ccc3cccnc3c2[nH]1. The predicted octanol–water partition coefficient (Wildman–Crippen LogP) is 3.82. The van der Waals surface area contributed by atoms with Crippen LogP contribution < -0.4 is 5.32 Å². The molecule has 0 saturated heterocycles. The summed E-state index contributed by atoms with van der Waals surface area (Å²) < 4.78 is 4.72. The normalized spacial score (nSPS) is 10.9. The summed E-state index contributed by atoms with van der Waals surface area (Å²) in [4.78, 5) is 32.2. The van der Waals surface area contributed by atoms with Crippen LogP contribution in [0.1, 0.15) is 20.2 Å². The second kappa shape index (κ2) is 6.03. The molecule has 25 heavy (non-hydrogen) atoms. The Labute approximate surface area is 146 Å². The first-order valence-electron chi connectivity index (χ1n) is 7.51. The minimum Gasteiger partial charge on any atom is -0.465 e. The lowest BCUT2D eigenvalue weighted by Gasteiger charge is -2.04. The van der Waals surface area contributed by atoms with Crippen molar-refractivity contribution in [3.05, 3.63) is 58.5 Å². The van der Waals surface area contributed by atoms with Crippen molar-refractivity contribution in [3.63, 3.8) is 0 Å². The number of rotatable bonds is 3. The lowest BCUT2D eigenvalue weighted by molar-refractivity contribution is 0.0607. The highest BCUT2D eigenvalue weighted by atomic mass is 32.1. The molecule has 4 rings (SSSR count). The third-order valence-corrected chi connectivity index (χ3v) is 4.79. The minimum absolute atomic E-state index is 0.330. The smallest absolute Gasteiger partial charge is 0.350 e. The number of H-pyrrole nitrogens is 1. The van der Waals surface area contributed by atoms with Gasteiger partial charge in [-0.2, -0.15) is 0 Å². The molecule has 124 valence electrons. The Morgan fingerprint density at radius 3 is 2.88 bits per heavy atom. The number of carbonyl (C=O) groups excluding carboxylic acids is 2. The molecule has 3 aromatic heterocycles. The molecular weight excluding hydrogens is 338 g/mol. The van der Waals surface area contributed by atoms with Crippen molar-refractivity contribution in [2.24, 2.45) is 0 Å². The van der Waals surface area contributed by atoms with Gasteiger partial charge in [-0.15, -0.1) is 11.3 Å². The number of thiophene rings is 1. The molecule has 6 nitrogen and oxygen atoms in total. The number of nitrogens with zero attached hydrogens (tertiary/aromatic N) is 1. The summed E-state index contributed by atoms with van der Waals surface area (Å²) in [7, 11) is 1.31. The van der Waals surface area contributed by atoms with Crippen molar-refractivity contribution in [1.82, 2.24) is 9.97 Å². The van der Waals surface area contributed by atoms with E-state index in [0.29, 0.717) is 16.3 Å². The van der Waals surface area contributed by atoms with Crippen LogP contribution in [0.25, 0.3) is 21.8 Å². The van der Waals surface area contributed by atoms with Crippen molar-refractivity contribution < 1.29 is 14.3 Å². The average Bonchev–Trinajstić information content (AvgIpc) is 3.27. The van der Waals surface area contributed by atoms with Crippen LogP contribution in [0, 0.1) is 0 Å². The second-order valence-electron chi connectivity index (χ2n) is 5.40. The summed E-state index contributed by atoms with van der Waals surface area (Å²) in [6.45, 7) is 0. The molecule has 4 aromatic rings. The Morgan fingerprint density at radius 2 is 2.04 bits per heavy atom. The number of hydrogen-bond donors (Lipinski definition) is 2. The van der Waals surface area contributed by atoms with E-state index in [2.05, 4.69) is 15.3 Å². The van der Waals surface area contributed by atoms with E-state index in [1.54, 1.807) is 23.7 Å². The molecule has 0 atom stereocenters. The van der Waals surface area contributed by atoms with Crippen LogP contribution in [0.3, 0.4) is 0 Å². The summed E-state index contributed by atoms with van der Waals surface area (Å²) >= 11 is 1.22. The third-order valence-electron chi connectivity index (χ3n) is 3.90. The van der Waals surface area contributed by atoms with Gasteiger partial charge in [0.2, 0.25) is 0 Å². The number of benzene rings is 1. The van der Waals surface area contributed by atoms with Gasteiger partial charge in [0.05, 0.1) is 23.8 Å². The molecule has 1 aromatic carbocycles. The van der Waals surface area contributed by atoms with E-state index in [1.807, 2.05) is 24.3 Å². The molecule has 0 bridgehead atoms. The Balaban J connectivity index is 1.70. The summed E-state index contributed by atoms with van der Waals surface area (Å²) in [6.07, 6.45) is 1.72. The minimum atomic E-state index is -0.475. The Bertz CT molecular complexity index is 1110. The quantitative estimate of drug-likeness (QED) is 0.550. The van der Waals surface area contributed by atoms with Gasteiger partial charge in [-0.05, 0) is 23.6 Å². The highest BCUT2D eigenvalue weighted by Crippen LogP contribution is 2.26. The molecule has 0 aliphatic heterocycles. The number of ether oxygens (including phenoxy) is 1. The summed E-state index contributed by atoms with van der Waals surface area (Å²) in [5.41, 5.74) is 2.45. The van der Waals surface area contributed by atoms with E-state index >= 15 is 0 Å². The molecule has 1 amide bonds. The number of hydrogen-bond acceptors (Lipinski definition) is 5. The number of nitrogens with one attached hydrogen (secondary N) is 2. The Kier molecular flexibility index (Phi) is 3.70. The van der Waals surface area contributed by atoms with E-state index in [0.717, 1.165) is 21.8 Å². The Morgan fingerprint density at radius 1 is 1.20 bits per heavy atom. The van der Waals surface area contributed by atoms with Crippen molar-refractivity contribution >= 4 is 50.7 Å². The number of aromatic nitrogens is 2. The molecule has 0 radical (unpaired) electrons. The predicted molar refractivity (Wildman–Crippen MR) is 97.2 cm³/mol. The first-order valence-corrected chi connectivity index (χ1v) is 8.39. The Hall–Kier alpha value is -3.19. The van der Waals surface area contributed by atoms with Crippen molar-refractivity contribution in [1.29, 1.82) is 0 Å². The zero-order chi connectivity index (χ0) is 17.4. The van der Waals surface area contributed by atoms with Gasteiger partial charge in [0.25, 0.3) is 5.91 Å². The highest BCUT2D eigenvalue weighted by molar-refractivity contribution is 7.12. The zero-order valence-electron chi connectivity index (χ0n) is 13.2. The number of aromatic amines is 1.